The Morgan fingerprint density at radius 2 is 2.03 bits per heavy atom. The van der Waals surface area contributed by atoms with Crippen LogP contribution in [-0.4, -0.2) is 72.0 Å². The van der Waals surface area contributed by atoms with E-state index in [1.165, 1.54) is 0 Å². The van der Waals surface area contributed by atoms with Gasteiger partial charge in [0, 0.05) is 19.8 Å². The van der Waals surface area contributed by atoms with Gasteiger partial charge in [0.05, 0.1) is 24.3 Å². The highest BCUT2D eigenvalue weighted by Crippen LogP contribution is 2.42. The minimum absolute atomic E-state index is 0.0543. The maximum atomic E-state index is 13.8. The molecule has 1 N–H and O–H groups in total. The van der Waals surface area contributed by atoms with Crippen molar-refractivity contribution in [1.82, 2.24) is 19.1 Å². The average molecular weight is 451 g/mol. The van der Waals surface area contributed by atoms with E-state index in [1.54, 1.807) is 4.90 Å². The number of aryl methyl sites for hydroxylation is 1. The van der Waals surface area contributed by atoms with E-state index in [0.29, 0.717) is 24.6 Å². The number of piperidine rings is 1. The summed E-state index contributed by atoms with van der Waals surface area (Å²) in [6, 6.07) is 1.15. The van der Waals surface area contributed by atoms with Gasteiger partial charge >= 0.3 is 0 Å². The third kappa shape index (κ3) is 3.91. The fraction of sp³-hybridized carbons (Fsp3) is 0.727. The van der Waals surface area contributed by atoms with E-state index >= 15 is 0 Å². The van der Waals surface area contributed by atoms with Crippen LogP contribution in [0.5, 0.6) is 0 Å². The van der Waals surface area contributed by atoms with Gasteiger partial charge in [0.25, 0.3) is 5.91 Å². The number of aromatic nitrogens is 1. The molecule has 0 aromatic carbocycles. The van der Waals surface area contributed by atoms with Gasteiger partial charge in [-0.15, -0.1) is 0 Å². The molecule has 3 aliphatic heterocycles. The molecule has 2 amide bonds. The Labute approximate surface area is 185 Å². The third-order valence-electron chi connectivity index (χ3n) is 7.19. The SMILES string of the molecule is CC(C)[C@@H]1C(=O)N(S(C)(=O)=O)[C@@H]2CCN(C(=O)c3c(CC4CCCNC4)ccn3C)[C@H]21. The van der Waals surface area contributed by atoms with E-state index in [2.05, 4.69) is 5.32 Å². The van der Waals surface area contributed by atoms with Crippen LogP contribution >= 0.6 is 0 Å². The molecule has 172 valence electrons. The highest BCUT2D eigenvalue weighted by molar-refractivity contribution is 7.88. The summed E-state index contributed by atoms with van der Waals surface area (Å²) in [4.78, 5) is 28.6. The van der Waals surface area contributed by atoms with Crippen LogP contribution in [0.25, 0.3) is 0 Å². The molecule has 3 fully saturated rings. The minimum atomic E-state index is -3.68. The van der Waals surface area contributed by atoms with Crippen LogP contribution in [0.15, 0.2) is 12.3 Å². The van der Waals surface area contributed by atoms with E-state index in [-0.39, 0.29) is 17.7 Å². The van der Waals surface area contributed by atoms with Gasteiger partial charge in [-0.1, -0.05) is 13.8 Å². The first kappa shape index (κ1) is 22.3. The summed E-state index contributed by atoms with van der Waals surface area (Å²) >= 11 is 0. The van der Waals surface area contributed by atoms with Gasteiger partial charge in [0.1, 0.15) is 5.69 Å². The van der Waals surface area contributed by atoms with Crippen LogP contribution in [0.3, 0.4) is 0 Å². The second-order valence-corrected chi connectivity index (χ2v) is 11.6. The molecule has 3 saturated heterocycles. The van der Waals surface area contributed by atoms with Crippen molar-refractivity contribution in [3.05, 3.63) is 23.5 Å². The van der Waals surface area contributed by atoms with Crippen molar-refractivity contribution in [3.63, 3.8) is 0 Å². The number of hydrogen-bond acceptors (Lipinski definition) is 5. The molecule has 1 unspecified atom stereocenters. The topological polar surface area (TPSA) is 91.7 Å². The summed E-state index contributed by atoms with van der Waals surface area (Å²) in [6.45, 7) is 6.33. The van der Waals surface area contributed by atoms with Crippen molar-refractivity contribution in [2.75, 3.05) is 25.9 Å². The molecule has 0 radical (unpaired) electrons. The second-order valence-electron chi connectivity index (χ2n) is 9.73. The van der Waals surface area contributed by atoms with Crippen molar-refractivity contribution in [1.29, 1.82) is 0 Å². The smallest absolute Gasteiger partial charge is 0.271 e. The predicted molar refractivity (Wildman–Crippen MR) is 118 cm³/mol. The van der Waals surface area contributed by atoms with Crippen LogP contribution in [-0.2, 0) is 28.3 Å². The zero-order valence-electron chi connectivity index (χ0n) is 18.9. The fourth-order valence-electron chi connectivity index (χ4n) is 5.85. The largest absolute Gasteiger partial charge is 0.346 e. The lowest BCUT2D eigenvalue weighted by molar-refractivity contribution is -0.129. The Bertz CT molecular complexity index is 964. The Morgan fingerprint density at radius 1 is 1.29 bits per heavy atom. The number of hydrogen-bond donors (Lipinski definition) is 1. The van der Waals surface area contributed by atoms with Crippen LogP contribution in [0, 0.1) is 17.8 Å². The van der Waals surface area contributed by atoms with Gasteiger partial charge in [-0.25, -0.2) is 12.7 Å². The Balaban J connectivity index is 1.64. The van der Waals surface area contributed by atoms with E-state index in [9.17, 15) is 18.0 Å². The summed E-state index contributed by atoms with van der Waals surface area (Å²) in [5.74, 6) is -0.511. The van der Waals surface area contributed by atoms with Crippen molar-refractivity contribution < 1.29 is 18.0 Å². The first-order chi connectivity index (χ1) is 14.6. The first-order valence-electron chi connectivity index (χ1n) is 11.3. The number of likely N-dealkylation sites (tertiary alicyclic amines) is 1. The van der Waals surface area contributed by atoms with Gasteiger partial charge < -0.3 is 14.8 Å². The lowest BCUT2D eigenvalue weighted by atomic mass is 9.88. The van der Waals surface area contributed by atoms with Gasteiger partial charge in [0.15, 0.2) is 0 Å². The number of fused-ring (bicyclic) bond motifs is 1. The van der Waals surface area contributed by atoms with Gasteiger partial charge in [-0.3, -0.25) is 9.59 Å². The van der Waals surface area contributed by atoms with Gasteiger partial charge in [-0.05, 0) is 62.2 Å². The summed E-state index contributed by atoms with van der Waals surface area (Å²) < 4.78 is 27.7. The molecule has 1 aromatic rings. The zero-order chi connectivity index (χ0) is 22.5. The highest BCUT2D eigenvalue weighted by atomic mass is 32.2. The van der Waals surface area contributed by atoms with E-state index in [1.807, 2.05) is 37.7 Å². The maximum Gasteiger partial charge on any atom is 0.271 e. The monoisotopic (exact) mass is 450 g/mol. The molecular formula is C22H34N4O4S. The van der Waals surface area contributed by atoms with Crippen LogP contribution in [0.2, 0.25) is 0 Å². The van der Waals surface area contributed by atoms with Crippen LogP contribution < -0.4 is 5.32 Å². The number of amides is 2. The number of carbonyl (C=O) groups excluding carboxylic acids is 2. The van der Waals surface area contributed by atoms with E-state index in [0.717, 1.165) is 48.5 Å². The standard InChI is InChI=1S/C22H34N4O4S/c1-14(2)18-20-17(26(21(18)27)31(4,29)30)8-11-25(20)22(28)19-16(7-10-24(19)3)12-15-6-5-9-23-13-15/h7,10,14-15,17-18,20,23H,5-6,8-9,11-13H2,1-4H3/t15?,17-,18+,20-/m1/s1. The van der Waals surface area contributed by atoms with Crippen molar-refractivity contribution in [3.8, 4) is 0 Å². The first-order valence-corrected chi connectivity index (χ1v) is 13.1. The molecule has 0 bridgehead atoms. The van der Waals surface area contributed by atoms with E-state index in [4.69, 9.17) is 0 Å². The molecule has 0 spiro atoms. The third-order valence-corrected chi connectivity index (χ3v) is 8.36. The Kier molecular flexibility index (Phi) is 5.93. The zero-order valence-corrected chi connectivity index (χ0v) is 19.7. The average Bonchev–Trinajstić information content (AvgIpc) is 3.33. The van der Waals surface area contributed by atoms with Crippen LogP contribution in [0.1, 0.15) is 49.2 Å². The summed E-state index contributed by atoms with van der Waals surface area (Å²) in [5, 5.41) is 3.44. The number of carbonyl (C=O) groups is 2. The Morgan fingerprint density at radius 3 is 2.65 bits per heavy atom. The Hall–Kier alpha value is -1.87. The minimum Gasteiger partial charge on any atom is -0.346 e. The van der Waals surface area contributed by atoms with Crippen LogP contribution in [0.4, 0.5) is 0 Å². The summed E-state index contributed by atoms with van der Waals surface area (Å²) in [6.07, 6.45) is 6.65. The molecule has 0 saturated carbocycles. The summed E-state index contributed by atoms with van der Waals surface area (Å²) in [5.41, 5.74) is 1.70. The molecule has 4 rings (SSSR count). The molecule has 3 aliphatic rings. The summed E-state index contributed by atoms with van der Waals surface area (Å²) in [7, 11) is -1.80. The molecule has 8 nitrogen and oxygen atoms in total. The van der Waals surface area contributed by atoms with Crippen molar-refractivity contribution >= 4 is 21.8 Å². The molecule has 1 aromatic heterocycles. The molecular weight excluding hydrogens is 416 g/mol. The predicted octanol–water partition coefficient (Wildman–Crippen LogP) is 1.22. The lowest BCUT2D eigenvalue weighted by Gasteiger charge is -2.30. The lowest BCUT2D eigenvalue weighted by Crippen LogP contribution is -2.45. The normalized spacial score (nSPS) is 29.1. The molecule has 0 aliphatic carbocycles. The van der Waals surface area contributed by atoms with Crippen molar-refractivity contribution in [2.24, 2.45) is 24.8 Å². The molecule has 9 heteroatoms. The molecule has 4 atom stereocenters. The number of sulfonamides is 1. The fourth-order valence-corrected chi connectivity index (χ4v) is 7.02. The number of nitrogens with one attached hydrogen (secondary N) is 1. The quantitative estimate of drug-likeness (QED) is 0.728. The number of rotatable bonds is 5. The second kappa shape index (κ2) is 8.24. The number of nitrogens with zero attached hydrogens (tertiary/aromatic N) is 3. The van der Waals surface area contributed by atoms with Gasteiger partial charge in [0.2, 0.25) is 15.9 Å². The maximum absolute atomic E-state index is 13.8. The molecule has 31 heavy (non-hydrogen) atoms. The van der Waals surface area contributed by atoms with E-state index < -0.39 is 28.0 Å². The van der Waals surface area contributed by atoms with Crippen molar-refractivity contribution in [2.45, 2.75) is 51.6 Å². The van der Waals surface area contributed by atoms with Gasteiger partial charge in [-0.2, -0.15) is 0 Å². The molecule has 4 heterocycles. The highest BCUT2D eigenvalue weighted by Gasteiger charge is 2.58.